The van der Waals surface area contributed by atoms with Gasteiger partial charge in [0.25, 0.3) is 5.91 Å². The van der Waals surface area contributed by atoms with Crippen molar-refractivity contribution in [1.82, 2.24) is 4.90 Å². The Balaban J connectivity index is 1.35. The van der Waals surface area contributed by atoms with E-state index in [1.54, 1.807) is 0 Å². The lowest BCUT2D eigenvalue weighted by molar-refractivity contribution is -0.929. The van der Waals surface area contributed by atoms with Gasteiger partial charge in [0.1, 0.15) is 11.8 Å². The van der Waals surface area contributed by atoms with Crippen LogP contribution >= 0.6 is 0 Å². The number of ether oxygens (including phenoxy) is 1. The van der Waals surface area contributed by atoms with Crippen LogP contribution in [0.25, 0.3) is 0 Å². The lowest BCUT2D eigenvalue weighted by atomic mass is 9.96. The standard InChI is InChI=1S/C28H32N2O2/c1-22(2)23-13-15-26(16-14-23)32-21-27(31)29-17-19-30(20-18-29)28(24-9-5-3-6-10-24)25-11-7-4-8-12-25/h3-16,22,28H,17-21H2,1-2H3/p+1. The van der Waals surface area contributed by atoms with Crippen LogP contribution in [-0.4, -0.2) is 43.6 Å². The summed E-state index contributed by atoms with van der Waals surface area (Å²) in [4.78, 5) is 16.2. The van der Waals surface area contributed by atoms with Crippen LogP contribution < -0.4 is 9.64 Å². The molecule has 4 heteroatoms. The summed E-state index contributed by atoms with van der Waals surface area (Å²) < 4.78 is 5.77. The van der Waals surface area contributed by atoms with E-state index < -0.39 is 0 Å². The van der Waals surface area contributed by atoms with Crippen molar-refractivity contribution in [1.29, 1.82) is 0 Å². The second-order valence-corrected chi connectivity index (χ2v) is 8.81. The van der Waals surface area contributed by atoms with Crippen molar-refractivity contribution in [2.24, 2.45) is 0 Å². The van der Waals surface area contributed by atoms with E-state index in [0.29, 0.717) is 5.92 Å². The Bertz CT molecular complexity index is 939. The van der Waals surface area contributed by atoms with Crippen LogP contribution in [0.3, 0.4) is 0 Å². The third-order valence-corrected chi connectivity index (χ3v) is 6.34. The normalized spacial score (nSPS) is 14.7. The van der Waals surface area contributed by atoms with E-state index in [-0.39, 0.29) is 18.6 Å². The molecule has 0 aliphatic carbocycles. The predicted molar refractivity (Wildman–Crippen MR) is 128 cm³/mol. The molecule has 3 aromatic rings. The SMILES string of the molecule is CC(C)c1ccc(OCC(=O)N2CC[NH+](C(c3ccccc3)c3ccccc3)CC2)cc1. The minimum Gasteiger partial charge on any atom is -0.484 e. The van der Waals surface area contributed by atoms with Gasteiger partial charge in [0.05, 0.1) is 26.2 Å². The smallest absolute Gasteiger partial charge is 0.260 e. The lowest BCUT2D eigenvalue weighted by Crippen LogP contribution is -3.15. The number of hydrogen-bond acceptors (Lipinski definition) is 2. The molecular formula is C28H33N2O2+. The first kappa shape index (κ1) is 22.1. The van der Waals surface area contributed by atoms with Crippen LogP contribution in [0.4, 0.5) is 0 Å². The van der Waals surface area contributed by atoms with Crippen molar-refractivity contribution in [2.75, 3.05) is 32.8 Å². The highest BCUT2D eigenvalue weighted by molar-refractivity contribution is 5.77. The predicted octanol–water partition coefficient (Wildman–Crippen LogP) is 3.71. The Morgan fingerprint density at radius 3 is 1.84 bits per heavy atom. The van der Waals surface area contributed by atoms with Crippen molar-refractivity contribution in [3.8, 4) is 5.75 Å². The van der Waals surface area contributed by atoms with Crippen molar-refractivity contribution in [2.45, 2.75) is 25.8 Å². The Hall–Kier alpha value is -3.11. The number of benzene rings is 3. The van der Waals surface area contributed by atoms with Crippen molar-refractivity contribution >= 4 is 5.91 Å². The van der Waals surface area contributed by atoms with Crippen LogP contribution in [-0.2, 0) is 4.79 Å². The molecule has 1 aliphatic rings. The Kier molecular flexibility index (Phi) is 7.23. The van der Waals surface area contributed by atoms with Gasteiger partial charge in [-0.15, -0.1) is 0 Å². The van der Waals surface area contributed by atoms with Crippen molar-refractivity contribution in [3.63, 3.8) is 0 Å². The number of nitrogens with one attached hydrogen (secondary N) is 1. The first-order chi connectivity index (χ1) is 15.6. The minimum atomic E-state index is 0.0629. The molecule has 3 aromatic carbocycles. The first-order valence-electron chi connectivity index (χ1n) is 11.6. The number of amides is 1. The molecule has 1 aliphatic heterocycles. The number of carbonyl (C=O) groups is 1. The molecule has 32 heavy (non-hydrogen) atoms. The number of hydrogen-bond donors (Lipinski definition) is 1. The van der Waals surface area contributed by atoms with E-state index in [0.717, 1.165) is 31.9 Å². The lowest BCUT2D eigenvalue weighted by Gasteiger charge is -2.37. The summed E-state index contributed by atoms with van der Waals surface area (Å²) in [6.07, 6.45) is 0. The van der Waals surface area contributed by atoms with E-state index in [9.17, 15) is 4.79 Å². The first-order valence-corrected chi connectivity index (χ1v) is 11.6. The van der Waals surface area contributed by atoms with Gasteiger partial charge in [-0.2, -0.15) is 0 Å². The van der Waals surface area contributed by atoms with Gasteiger partial charge in [-0.3, -0.25) is 4.79 Å². The van der Waals surface area contributed by atoms with Crippen molar-refractivity contribution in [3.05, 3.63) is 102 Å². The van der Waals surface area contributed by atoms with E-state index in [1.165, 1.54) is 21.6 Å². The number of quaternary nitrogens is 1. The highest BCUT2D eigenvalue weighted by Crippen LogP contribution is 2.20. The van der Waals surface area contributed by atoms with Crippen LogP contribution in [0.2, 0.25) is 0 Å². The van der Waals surface area contributed by atoms with Gasteiger partial charge in [0, 0.05) is 11.1 Å². The molecule has 1 saturated heterocycles. The zero-order valence-corrected chi connectivity index (χ0v) is 19.0. The molecule has 0 radical (unpaired) electrons. The van der Waals surface area contributed by atoms with Crippen LogP contribution in [0.1, 0.15) is 42.5 Å². The molecule has 166 valence electrons. The summed E-state index contributed by atoms with van der Waals surface area (Å²) in [5, 5.41) is 0. The molecule has 0 aromatic heterocycles. The zero-order chi connectivity index (χ0) is 22.3. The molecule has 1 heterocycles. The fourth-order valence-electron chi connectivity index (χ4n) is 4.47. The summed E-state index contributed by atoms with van der Waals surface area (Å²) in [5.74, 6) is 1.30. The molecule has 4 rings (SSSR count). The maximum absolute atomic E-state index is 12.8. The topological polar surface area (TPSA) is 34.0 Å². The molecule has 0 bridgehead atoms. The third-order valence-electron chi connectivity index (χ3n) is 6.34. The molecule has 0 unspecified atom stereocenters. The summed E-state index contributed by atoms with van der Waals surface area (Å²) in [6.45, 7) is 7.77. The van der Waals surface area contributed by atoms with Crippen LogP contribution in [0.15, 0.2) is 84.9 Å². The second kappa shape index (κ2) is 10.5. The number of rotatable bonds is 7. The molecule has 0 saturated carbocycles. The summed E-state index contributed by atoms with van der Waals surface area (Å²) >= 11 is 0. The maximum Gasteiger partial charge on any atom is 0.260 e. The zero-order valence-electron chi connectivity index (χ0n) is 19.0. The number of carbonyl (C=O) groups excluding carboxylic acids is 1. The highest BCUT2D eigenvalue weighted by atomic mass is 16.5. The average Bonchev–Trinajstić information content (AvgIpc) is 2.85. The molecule has 1 amide bonds. The van der Waals surface area contributed by atoms with Crippen LogP contribution in [0.5, 0.6) is 5.75 Å². The average molecular weight is 430 g/mol. The molecule has 1 fully saturated rings. The van der Waals surface area contributed by atoms with Crippen molar-refractivity contribution < 1.29 is 14.4 Å². The van der Waals surface area contributed by atoms with Gasteiger partial charge < -0.3 is 14.5 Å². The summed E-state index contributed by atoms with van der Waals surface area (Å²) in [5.41, 5.74) is 3.91. The molecule has 1 N–H and O–H groups in total. The quantitative estimate of drug-likeness (QED) is 0.621. The fourth-order valence-corrected chi connectivity index (χ4v) is 4.47. The van der Waals surface area contributed by atoms with E-state index in [4.69, 9.17) is 4.74 Å². The van der Waals surface area contributed by atoms with E-state index >= 15 is 0 Å². The summed E-state index contributed by atoms with van der Waals surface area (Å²) in [7, 11) is 0. The van der Waals surface area contributed by atoms with E-state index in [1.807, 2.05) is 17.0 Å². The third kappa shape index (κ3) is 5.38. The molecule has 0 spiro atoms. The number of piperazine rings is 1. The highest BCUT2D eigenvalue weighted by Gasteiger charge is 2.31. The van der Waals surface area contributed by atoms with Gasteiger partial charge in [-0.25, -0.2) is 0 Å². The van der Waals surface area contributed by atoms with E-state index in [2.05, 4.69) is 86.6 Å². The van der Waals surface area contributed by atoms with Gasteiger partial charge in [0.15, 0.2) is 6.61 Å². The fraction of sp³-hybridized carbons (Fsp3) is 0.321. The van der Waals surface area contributed by atoms with Gasteiger partial charge >= 0.3 is 0 Å². The van der Waals surface area contributed by atoms with Gasteiger partial charge in [0.2, 0.25) is 0 Å². The second-order valence-electron chi connectivity index (χ2n) is 8.81. The number of nitrogens with zero attached hydrogens (tertiary/aromatic N) is 1. The molecular weight excluding hydrogens is 396 g/mol. The Morgan fingerprint density at radius 2 is 1.34 bits per heavy atom. The summed E-state index contributed by atoms with van der Waals surface area (Å²) in [6, 6.07) is 29.7. The van der Waals surface area contributed by atoms with Crippen LogP contribution in [0, 0.1) is 0 Å². The maximum atomic E-state index is 12.8. The minimum absolute atomic E-state index is 0.0629. The molecule has 0 atom stereocenters. The largest absolute Gasteiger partial charge is 0.484 e. The Morgan fingerprint density at radius 1 is 0.812 bits per heavy atom. The van der Waals surface area contributed by atoms with Gasteiger partial charge in [-0.05, 0) is 23.6 Å². The monoisotopic (exact) mass is 429 g/mol. The molecule has 4 nitrogen and oxygen atoms in total. The Labute approximate surface area is 191 Å². The van der Waals surface area contributed by atoms with Gasteiger partial charge in [-0.1, -0.05) is 86.6 Å².